The van der Waals surface area contributed by atoms with Gasteiger partial charge in [-0.25, -0.2) is 9.37 Å². The minimum atomic E-state index is -0.666. The number of nitrogens with one attached hydrogen (secondary N) is 1. The summed E-state index contributed by atoms with van der Waals surface area (Å²) < 4.78 is 13.7. The maximum Gasteiger partial charge on any atom is 0.255 e. The van der Waals surface area contributed by atoms with Gasteiger partial charge in [0.2, 0.25) is 0 Å². The monoisotopic (exact) mass is 293 g/mol. The zero-order valence-electron chi connectivity index (χ0n) is 10.8. The Kier molecular flexibility index (Phi) is 4.20. The summed E-state index contributed by atoms with van der Waals surface area (Å²) in [5.41, 5.74) is 6.68. The van der Waals surface area contributed by atoms with Crippen LogP contribution in [0.1, 0.15) is 23.0 Å². The van der Waals surface area contributed by atoms with Crippen molar-refractivity contribution in [3.05, 3.63) is 52.4 Å². The van der Waals surface area contributed by atoms with Crippen LogP contribution in [0.2, 0.25) is 5.02 Å². The molecule has 1 amide bonds. The van der Waals surface area contributed by atoms with Crippen molar-refractivity contribution in [1.82, 2.24) is 4.98 Å². The fourth-order valence-corrected chi connectivity index (χ4v) is 1.89. The molecule has 0 unspecified atom stereocenters. The number of carbonyl (C=O) groups excluding carboxylic acids is 1. The fourth-order valence-electron chi connectivity index (χ4n) is 1.72. The van der Waals surface area contributed by atoms with Crippen LogP contribution in [0.15, 0.2) is 30.3 Å². The third kappa shape index (κ3) is 3.05. The van der Waals surface area contributed by atoms with Gasteiger partial charge in [0.25, 0.3) is 5.91 Å². The predicted octanol–water partition coefficient (Wildman–Crippen LogP) is 3.27. The molecule has 1 aromatic carbocycles. The number of nitrogen functional groups attached to an aromatic ring is 1. The van der Waals surface area contributed by atoms with Gasteiger partial charge in [0.05, 0.1) is 10.7 Å². The van der Waals surface area contributed by atoms with Crippen molar-refractivity contribution in [3.63, 3.8) is 0 Å². The summed E-state index contributed by atoms with van der Waals surface area (Å²) in [5, 5.41) is 2.41. The second kappa shape index (κ2) is 5.88. The number of halogens is 2. The number of amides is 1. The van der Waals surface area contributed by atoms with Crippen molar-refractivity contribution in [3.8, 4) is 0 Å². The molecule has 3 N–H and O–H groups in total. The predicted molar refractivity (Wildman–Crippen MR) is 77.4 cm³/mol. The summed E-state index contributed by atoms with van der Waals surface area (Å²) in [6, 6.07) is 7.46. The molecule has 0 aliphatic rings. The summed E-state index contributed by atoms with van der Waals surface area (Å²) in [6.07, 6.45) is 0.650. The van der Waals surface area contributed by atoms with E-state index in [-0.39, 0.29) is 16.5 Å². The van der Waals surface area contributed by atoms with Gasteiger partial charge < -0.3 is 11.1 Å². The summed E-state index contributed by atoms with van der Waals surface area (Å²) in [7, 11) is 0. The summed E-state index contributed by atoms with van der Waals surface area (Å²) in [5.74, 6) is -0.878. The van der Waals surface area contributed by atoms with Gasteiger partial charge in [-0.2, -0.15) is 0 Å². The number of anilines is 2. The van der Waals surface area contributed by atoms with Gasteiger partial charge in [-0.3, -0.25) is 4.79 Å². The Morgan fingerprint density at radius 3 is 2.90 bits per heavy atom. The van der Waals surface area contributed by atoms with E-state index >= 15 is 0 Å². The number of benzene rings is 1. The highest BCUT2D eigenvalue weighted by Gasteiger charge is 2.12. The first-order valence-electron chi connectivity index (χ1n) is 6.03. The van der Waals surface area contributed by atoms with Crippen LogP contribution in [-0.2, 0) is 6.42 Å². The Bertz CT molecular complexity index is 661. The average Bonchev–Trinajstić information content (AvgIpc) is 2.43. The van der Waals surface area contributed by atoms with E-state index in [0.717, 1.165) is 0 Å². The Morgan fingerprint density at radius 2 is 2.20 bits per heavy atom. The molecule has 104 valence electrons. The van der Waals surface area contributed by atoms with Gasteiger partial charge in [0.15, 0.2) is 5.82 Å². The fraction of sp³-hybridized carbons (Fsp3) is 0.143. The average molecular weight is 294 g/mol. The van der Waals surface area contributed by atoms with Gasteiger partial charge >= 0.3 is 0 Å². The first kappa shape index (κ1) is 14.3. The topological polar surface area (TPSA) is 68.0 Å². The van der Waals surface area contributed by atoms with Crippen LogP contribution in [0, 0.1) is 5.82 Å². The van der Waals surface area contributed by atoms with E-state index in [1.54, 1.807) is 12.1 Å². The van der Waals surface area contributed by atoms with E-state index in [9.17, 15) is 9.18 Å². The zero-order valence-corrected chi connectivity index (χ0v) is 11.5. The quantitative estimate of drug-likeness (QED) is 0.912. The molecule has 0 saturated carbocycles. The van der Waals surface area contributed by atoms with Crippen LogP contribution in [0.3, 0.4) is 0 Å². The summed E-state index contributed by atoms with van der Waals surface area (Å²) in [6.45, 7) is 1.90. The Balaban J connectivity index is 2.28. The van der Waals surface area contributed by atoms with Crippen LogP contribution in [0.5, 0.6) is 0 Å². The Hall–Kier alpha value is -2.14. The van der Waals surface area contributed by atoms with E-state index in [4.69, 9.17) is 17.3 Å². The zero-order chi connectivity index (χ0) is 14.7. The molecule has 0 bridgehead atoms. The number of aromatic nitrogens is 1. The van der Waals surface area contributed by atoms with Gasteiger partial charge in [0.1, 0.15) is 5.82 Å². The molecular weight excluding hydrogens is 281 g/mol. The molecule has 0 aliphatic carbocycles. The van der Waals surface area contributed by atoms with Gasteiger partial charge in [-0.15, -0.1) is 0 Å². The molecule has 0 atom stereocenters. The molecule has 1 aromatic heterocycles. The lowest BCUT2D eigenvalue weighted by Crippen LogP contribution is -2.14. The molecule has 2 aromatic rings. The normalized spacial score (nSPS) is 10.3. The molecule has 0 saturated heterocycles. The van der Waals surface area contributed by atoms with E-state index in [1.807, 2.05) is 6.92 Å². The first-order chi connectivity index (χ1) is 9.51. The van der Waals surface area contributed by atoms with Crippen molar-refractivity contribution >= 4 is 29.0 Å². The van der Waals surface area contributed by atoms with Crippen LogP contribution >= 0.6 is 11.6 Å². The minimum Gasteiger partial charge on any atom is -0.384 e. The summed E-state index contributed by atoms with van der Waals surface area (Å²) in [4.78, 5) is 16.2. The van der Waals surface area contributed by atoms with Crippen molar-refractivity contribution in [2.45, 2.75) is 13.3 Å². The maximum atomic E-state index is 13.7. The molecule has 0 spiro atoms. The SMILES string of the molecule is CCc1cc(C(=O)Nc2cccc(Cl)c2F)cc(N)n1. The third-order valence-corrected chi connectivity index (χ3v) is 3.01. The Morgan fingerprint density at radius 1 is 1.45 bits per heavy atom. The van der Waals surface area contributed by atoms with E-state index in [2.05, 4.69) is 10.3 Å². The molecule has 2 rings (SSSR count). The number of aryl methyl sites for hydroxylation is 1. The minimum absolute atomic E-state index is 0.0240. The largest absolute Gasteiger partial charge is 0.384 e. The first-order valence-corrected chi connectivity index (χ1v) is 6.41. The van der Waals surface area contributed by atoms with Crippen LogP contribution in [-0.4, -0.2) is 10.9 Å². The van der Waals surface area contributed by atoms with Crippen molar-refractivity contribution in [2.75, 3.05) is 11.1 Å². The van der Waals surface area contributed by atoms with Crippen LogP contribution < -0.4 is 11.1 Å². The second-order valence-electron chi connectivity index (χ2n) is 4.18. The highest BCUT2D eigenvalue weighted by atomic mass is 35.5. The molecule has 20 heavy (non-hydrogen) atoms. The number of nitrogens with zero attached hydrogens (tertiary/aromatic N) is 1. The van der Waals surface area contributed by atoms with Crippen molar-refractivity contribution < 1.29 is 9.18 Å². The standard InChI is InChI=1S/C14H13ClFN3O/c1-2-9-6-8(7-12(17)18-9)14(20)19-11-5-3-4-10(15)13(11)16/h3-7H,2H2,1H3,(H2,17,18)(H,19,20). The molecule has 6 heteroatoms. The molecule has 0 fully saturated rings. The number of pyridine rings is 1. The molecule has 1 heterocycles. The lowest BCUT2D eigenvalue weighted by atomic mass is 10.1. The van der Waals surface area contributed by atoms with Crippen molar-refractivity contribution in [2.24, 2.45) is 0 Å². The van der Waals surface area contributed by atoms with E-state index in [0.29, 0.717) is 17.7 Å². The maximum absolute atomic E-state index is 13.7. The van der Waals surface area contributed by atoms with Crippen LogP contribution in [0.25, 0.3) is 0 Å². The van der Waals surface area contributed by atoms with Gasteiger partial charge in [0, 0.05) is 11.3 Å². The van der Waals surface area contributed by atoms with Crippen molar-refractivity contribution in [1.29, 1.82) is 0 Å². The van der Waals surface area contributed by atoms with Gasteiger partial charge in [-0.1, -0.05) is 24.6 Å². The molecule has 0 aliphatic heterocycles. The highest BCUT2D eigenvalue weighted by molar-refractivity contribution is 6.31. The smallest absolute Gasteiger partial charge is 0.255 e. The van der Waals surface area contributed by atoms with Crippen LogP contribution in [0.4, 0.5) is 15.9 Å². The number of carbonyl (C=O) groups is 1. The van der Waals surface area contributed by atoms with E-state index in [1.165, 1.54) is 18.2 Å². The van der Waals surface area contributed by atoms with E-state index < -0.39 is 11.7 Å². The number of nitrogens with two attached hydrogens (primary N) is 1. The third-order valence-electron chi connectivity index (χ3n) is 2.72. The number of hydrogen-bond donors (Lipinski definition) is 2. The lowest BCUT2D eigenvalue weighted by molar-refractivity contribution is 0.102. The second-order valence-corrected chi connectivity index (χ2v) is 4.59. The molecular formula is C14H13ClFN3O. The number of rotatable bonds is 3. The molecule has 4 nitrogen and oxygen atoms in total. The lowest BCUT2D eigenvalue weighted by Gasteiger charge is -2.08. The summed E-state index contributed by atoms with van der Waals surface area (Å²) >= 11 is 5.66. The molecule has 0 radical (unpaired) electrons. The van der Waals surface area contributed by atoms with Gasteiger partial charge in [-0.05, 0) is 30.7 Å². The Labute approximate surface area is 120 Å². The number of hydrogen-bond acceptors (Lipinski definition) is 3. The highest BCUT2D eigenvalue weighted by Crippen LogP contribution is 2.22.